The number of carbonyl (C=O) groups is 3. The zero-order valence-corrected chi connectivity index (χ0v) is 15.2. The van der Waals surface area contributed by atoms with Gasteiger partial charge < -0.3 is 15.3 Å². The maximum Gasteiger partial charge on any atom is 0.306 e. The monoisotopic (exact) mass is 376 g/mol. The molecule has 1 heterocycles. The van der Waals surface area contributed by atoms with Crippen LogP contribution >= 0.6 is 0 Å². The van der Waals surface area contributed by atoms with Crippen LogP contribution in [0.4, 0.5) is 4.39 Å². The molecule has 1 saturated carbocycles. The van der Waals surface area contributed by atoms with E-state index in [0.717, 1.165) is 12.8 Å². The van der Waals surface area contributed by atoms with Crippen molar-refractivity contribution in [3.8, 4) is 0 Å². The molecule has 2 N–H and O–H groups in total. The second-order valence-electron chi connectivity index (χ2n) is 7.48. The summed E-state index contributed by atoms with van der Waals surface area (Å²) in [5.74, 6) is -2.01. The van der Waals surface area contributed by atoms with Gasteiger partial charge in [-0.15, -0.1) is 0 Å². The van der Waals surface area contributed by atoms with Gasteiger partial charge in [-0.1, -0.05) is 6.42 Å². The summed E-state index contributed by atoms with van der Waals surface area (Å²) in [5.41, 5.74) is 0.414. The first-order valence-electron chi connectivity index (χ1n) is 9.52. The molecule has 1 aliphatic heterocycles. The summed E-state index contributed by atoms with van der Waals surface area (Å²) < 4.78 is 12.9. The molecule has 2 aliphatic rings. The molecule has 0 spiro atoms. The van der Waals surface area contributed by atoms with E-state index < -0.39 is 11.9 Å². The fourth-order valence-electron chi connectivity index (χ4n) is 4.01. The zero-order chi connectivity index (χ0) is 19.4. The molecule has 1 aromatic rings. The van der Waals surface area contributed by atoms with Crippen molar-refractivity contribution in [1.82, 2.24) is 10.2 Å². The van der Waals surface area contributed by atoms with Crippen LogP contribution in [0, 0.1) is 17.7 Å². The number of rotatable bonds is 4. The SMILES string of the molecule is O=C(NC1CCN(C(=O)C2CCCC(C(=O)O)C2)CC1)c1ccc(F)cc1. The van der Waals surface area contributed by atoms with Crippen molar-refractivity contribution in [2.45, 2.75) is 44.6 Å². The van der Waals surface area contributed by atoms with Gasteiger partial charge in [-0.3, -0.25) is 14.4 Å². The number of likely N-dealkylation sites (tertiary alicyclic amines) is 1. The molecule has 1 aromatic carbocycles. The minimum atomic E-state index is -0.810. The van der Waals surface area contributed by atoms with Crippen LogP contribution in [-0.4, -0.2) is 46.9 Å². The van der Waals surface area contributed by atoms with Crippen LogP contribution in [0.5, 0.6) is 0 Å². The lowest BCUT2D eigenvalue weighted by atomic mass is 9.80. The van der Waals surface area contributed by atoms with Crippen molar-refractivity contribution in [2.75, 3.05) is 13.1 Å². The number of piperidine rings is 1. The molecule has 2 amide bonds. The summed E-state index contributed by atoms with van der Waals surface area (Å²) in [5, 5.41) is 12.1. The van der Waals surface area contributed by atoms with Crippen LogP contribution < -0.4 is 5.32 Å². The van der Waals surface area contributed by atoms with E-state index in [1.807, 2.05) is 0 Å². The van der Waals surface area contributed by atoms with Gasteiger partial charge in [0.2, 0.25) is 5.91 Å². The molecular formula is C20H25FN2O4. The Kier molecular flexibility index (Phi) is 6.08. The van der Waals surface area contributed by atoms with Gasteiger partial charge in [0.15, 0.2) is 0 Å². The number of hydrogen-bond acceptors (Lipinski definition) is 3. The molecular weight excluding hydrogens is 351 g/mol. The molecule has 3 rings (SSSR count). The summed E-state index contributed by atoms with van der Waals surface area (Å²) in [6.07, 6.45) is 3.93. The number of amides is 2. The standard InChI is InChI=1S/C20H25FN2O4/c21-16-6-4-13(5-7-16)18(24)22-17-8-10-23(11-9-17)19(25)14-2-1-3-15(12-14)20(26)27/h4-7,14-15,17H,1-3,8-12H2,(H,22,24)(H,26,27). The Hall–Kier alpha value is -2.44. The lowest BCUT2D eigenvalue weighted by molar-refractivity contribution is -0.145. The number of halogens is 1. The Morgan fingerprint density at radius 1 is 1.00 bits per heavy atom. The lowest BCUT2D eigenvalue weighted by Crippen LogP contribution is -2.48. The number of benzene rings is 1. The number of nitrogens with one attached hydrogen (secondary N) is 1. The highest BCUT2D eigenvalue weighted by atomic mass is 19.1. The predicted molar refractivity (Wildman–Crippen MR) is 96.6 cm³/mol. The van der Waals surface area contributed by atoms with Crippen molar-refractivity contribution in [3.05, 3.63) is 35.6 Å². The van der Waals surface area contributed by atoms with Gasteiger partial charge >= 0.3 is 5.97 Å². The maximum absolute atomic E-state index is 12.9. The van der Waals surface area contributed by atoms with Crippen molar-refractivity contribution in [1.29, 1.82) is 0 Å². The quantitative estimate of drug-likeness (QED) is 0.845. The maximum atomic E-state index is 12.9. The zero-order valence-electron chi connectivity index (χ0n) is 15.2. The Balaban J connectivity index is 1.48. The molecule has 1 aliphatic carbocycles. The van der Waals surface area contributed by atoms with E-state index in [0.29, 0.717) is 44.3 Å². The van der Waals surface area contributed by atoms with Crippen molar-refractivity contribution in [2.24, 2.45) is 11.8 Å². The summed E-state index contributed by atoms with van der Waals surface area (Å²) in [4.78, 5) is 37.9. The van der Waals surface area contributed by atoms with Crippen LogP contribution in [0.3, 0.4) is 0 Å². The smallest absolute Gasteiger partial charge is 0.306 e. The van der Waals surface area contributed by atoms with E-state index in [1.54, 1.807) is 4.90 Å². The average molecular weight is 376 g/mol. The van der Waals surface area contributed by atoms with E-state index in [1.165, 1.54) is 24.3 Å². The van der Waals surface area contributed by atoms with E-state index in [-0.39, 0.29) is 29.6 Å². The van der Waals surface area contributed by atoms with E-state index >= 15 is 0 Å². The van der Waals surface area contributed by atoms with Crippen molar-refractivity contribution < 1.29 is 23.9 Å². The fraction of sp³-hybridized carbons (Fsp3) is 0.550. The number of carbonyl (C=O) groups excluding carboxylic acids is 2. The summed E-state index contributed by atoms with van der Waals surface area (Å²) >= 11 is 0. The largest absolute Gasteiger partial charge is 0.481 e. The lowest BCUT2D eigenvalue weighted by Gasteiger charge is -2.36. The second kappa shape index (κ2) is 8.50. The molecule has 2 unspecified atom stereocenters. The molecule has 0 bridgehead atoms. The van der Waals surface area contributed by atoms with Crippen molar-refractivity contribution in [3.63, 3.8) is 0 Å². The predicted octanol–water partition coefficient (Wildman–Crippen LogP) is 2.44. The van der Waals surface area contributed by atoms with Gasteiger partial charge in [-0.2, -0.15) is 0 Å². The third-order valence-corrected chi connectivity index (χ3v) is 5.62. The Morgan fingerprint density at radius 3 is 2.26 bits per heavy atom. The van der Waals surface area contributed by atoms with Crippen LogP contribution in [0.2, 0.25) is 0 Å². The van der Waals surface area contributed by atoms with Crippen molar-refractivity contribution >= 4 is 17.8 Å². The molecule has 7 heteroatoms. The van der Waals surface area contributed by atoms with Gasteiger partial charge in [0.05, 0.1) is 5.92 Å². The minimum absolute atomic E-state index is 0.0234. The van der Waals surface area contributed by atoms with E-state index in [2.05, 4.69) is 5.32 Å². The first-order chi connectivity index (χ1) is 12.9. The minimum Gasteiger partial charge on any atom is -0.481 e. The Bertz CT molecular complexity index is 698. The topological polar surface area (TPSA) is 86.7 Å². The number of nitrogens with zero attached hydrogens (tertiary/aromatic N) is 1. The summed E-state index contributed by atoms with van der Waals surface area (Å²) in [6.45, 7) is 1.11. The molecule has 0 radical (unpaired) electrons. The fourth-order valence-corrected chi connectivity index (χ4v) is 4.01. The van der Waals surface area contributed by atoms with E-state index in [4.69, 9.17) is 0 Å². The normalized spacial score (nSPS) is 23.7. The van der Waals surface area contributed by atoms with Crippen LogP contribution in [-0.2, 0) is 9.59 Å². The third kappa shape index (κ3) is 4.84. The van der Waals surface area contributed by atoms with Gasteiger partial charge in [0.1, 0.15) is 5.82 Å². The molecule has 0 aromatic heterocycles. The Morgan fingerprint density at radius 2 is 1.63 bits per heavy atom. The van der Waals surface area contributed by atoms with Gasteiger partial charge in [-0.05, 0) is 56.4 Å². The first-order valence-corrected chi connectivity index (χ1v) is 9.52. The second-order valence-corrected chi connectivity index (χ2v) is 7.48. The Labute approximate surface area is 157 Å². The third-order valence-electron chi connectivity index (χ3n) is 5.62. The molecule has 146 valence electrons. The van der Waals surface area contributed by atoms with Gasteiger partial charge in [0.25, 0.3) is 5.91 Å². The van der Waals surface area contributed by atoms with Crippen LogP contribution in [0.15, 0.2) is 24.3 Å². The van der Waals surface area contributed by atoms with Crippen LogP contribution in [0.1, 0.15) is 48.9 Å². The summed E-state index contributed by atoms with van der Waals surface area (Å²) in [7, 11) is 0. The molecule has 6 nitrogen and oxygen atoms in total. The molecule has 27 heavy (non-hydrogen) atoms. The molecule has 1 saturated heterocycles. The average Bonchev–Trinajstić information content (AvgIpc) is 2.68. The number of aliphatic carboxylic acids is 1. The highest BCUT2D eigenvalue weighted by Gasteiger charge is 2.34. The van der Waals surface area contributed by atoms with Gasteiger partial charge in [0, 0.05) is 30.6 Å². The molecule has 2 atom stereocenters. The van der Waals surface area contributed by atoms with E-state index in [9.17, 15) is 23.9 Å². The molecule has 2 fully saturated rings. The summed E-state index contributed by atoms with van der Waals surface area (Å²) in [6, 6.07) is 5.39. The van der Waals surface area contributed by atoms with Gasteiger partial charge in [-0.25, -0.2) is 4.39 Å². The number of hydrogen-bond donors (Lipinski definition) is 2. The highest BCUT2D eigenvalue weighted by molar-refractivity contribution is 5.94. The highest BCUT2D eigenvalue weighted by Crippen LogP contribution is 2.31. The van der Waals surface area contributed by atoms with Crippen LogP contribution in [0.25, 0.3) is 0 Å². The number of carboxylic acids is 1. The first kappa shape index (κ1) is 19.3. The number of carboxylic acid groups (broad SMARTS) is 1.